The fraction of sp³-hybridized carbons (Fsp3) is 0.133. The fourth-order valence-corrected chi connectivity index (χ4v) is 2.02. The highest BCUT2D eigenvalue weighted by molar-refractivity contribution is 5.80. The smallest absolute Gasteiger partial charge is 0.175 e. The van der Waals surface area contributed by atoms with Gasteiger partial charge in [0.05, 0.1) is 12.8 Å². The standard InChI is InChI=1S/C15H16N6O2/c1-9-7-12(21-23-9)20-15-13(16)14(17-8-18-15)19-10-5-3-4-6-11(10)22-2/h3-8H,16H2,1-2H3,(H2,17,18,19,20,21). The SMILES string of the molecule is COc1ccccc1Nc1ncnc(Nc2cc(C)on2)c1N. The number of hydrogen-bond donors (Lipinski definition) is 3. The minimum absolute atomic E-state index is 0.360. The van der Waals surface area contributed by atoms with E-state index in [4.69, 9.17) is 15.0 Å². The van der Waals surface area contributed by atoms with Crippen LogP contribution < -0.4 is 21.1 Å². The molecular formula is C15H16N6O2. The number of hydrogen-bond acceptors (Lipinski definition) is 8. The average Bonchev–Trinajstić information content (AvgIpc) is 2.97. The summed E-state index contributed by atoms with van der Waals surface area (Å²) >= 11 is 0. The van der Waals surface area contributed by atoms with E-state index in [2.05, 4.69) is 25.8 Å². The Bertz CT molecular complexity index is 817. The van der Waals surface area contributed by atoms with Crippen molar-refractivity contribution in [2.45, 2.75) is 6.92 Å². The summed E-state index contributed by atoms with van der Waals surface area (Å²) in [6, 6.07) is 9.23. The highest BCUT2D eigenvalue weighted by Gasteiger charge is 2.12. The van der Waals surface area contributed by atoms with Crippen molar-refractivity contribution in [2.24, 2.45) is 0 Å². The van der Waals surface area contributed by atoms with Gasteiger partial charge in [0.2, 0.25) is 0 Å². The van der Waals surface area contributed by atoms with E-state index in [1.54, 1.807) is 20.1 Å². The Morgan fingerprint density at radius 1 is 1.13 bits per heavy atom. The molecule has 0 fully saturated rings. The van der Waals surface area contributed by atoms with Crippen molar-refractivity contribution in [1.82, 2.24) is 15.1 Å². The van der Waals surface area contributed by atoms with Crippen LogP contribution in [0.4, 0.5) is 28.8 Å². The van der Waals surface area contributed by atoms with Crippen LogP contribution in [-0.2, 0) is 0 Å². The molecule has 3 aromatic rings. The molecule has 0 unspecified atom stereocenters. The van der Waals surface area contributed by atoms with Crippen LogP contribution >= 0.6 is 0 Å². The molecule has 8 heteroatoms. The van der Waals surface area contributed by atoms with E-state index in [0.717, 1.165) is 5.69 Å². The summed E-state index contributed by atoms with van der Waals surface area (Å²) in [4.78, 5) is 8.30. The largest absolute Gasteiger partial charge is 0.495 e. The summed E-state index contributed by atoms with van der Waals surface area (Å²) in [7, 11) is 1.60. The molecule has 2 heterocycles. The summed E-state index contributed by atoms with van der Waals surface area (Å²) in [6.45, 7) is 1.80. The lowest BCUT2D eigenvalue weighted by Crippen LogP contribution is -2.05. The molecule has 4 N–H and O–H groups in total. The first-order valence-corrected chi connectivity index (χ1v) is 6.88. The van der Waals surface area contributed by atoms with E-state index in [0.29, 0.717) is 34.7 Å². The Balaban J connectivity index is 1.87. The molecule has 1 aromatic carbocycles. The molecule has 2 aromatic heterocycles. The van der Waals surface area contributed by atoms with Crippen LogP contribution in [0.1, 0.15) is 5.76 Å². The van der Waals surface area contributed by atoms with Gasteiger partial charge in [0.25, 0.3) is 0 Å². The average molecular weight is 312 g/mol. The highest BCUT2D eigenvalue weighted by atomic mass is 16.5. The molecule has 0 spiro atoms. The third kappa shape index (κ3) is 3.15. The number of methoxy groups -OCH3 is 1. The number of para-hydroxylation sites is 2. The molecule has 0 aliphatic heterocycles. The van der Waals surface area contributed by atoms with Gasteiger partial charge >= 0.3 is 0 Å². The molecule has 0 aliphatic carbocycles. The Hall–Kier alpha value is -3.29. The minimum atomic E-state index is 0.360. The molecule has 8 nitrogen and oxygen atoms in total. The lowest BCUT2D eigenvalue weighted by Gasteiger charge is -2.13. The Morgan fingerprint density at radius 2 is 1.87 bits per heavy atom. The molecule has 0 bridgehead atoms. The number of rotatable bonds is 5. The lowest BCUT2D eigenvalue weighted by molar-refractivity contribution is 0.400. The lowest BCUT2D eigenvalue weighted by atomic mass is 10.3. The number of nitrogen functional groups attached to an aromatic ring is 1. The molecule has 23 heavy (non-hydrogen) atoms. The van der Waals surface area contributed by atoms with Crippen LogP contribution in [-0.4, -0.2) is 22.2 Å². The zero-order valence-corrected chi connectivity index (χ0v) is 12.7. The molecule has 0 radical (unpaired) electrons. The quantitative estimate of drug-likeness (QED) is 0.659. The predicted molar refractivity (Wildman–Crippen MR) is 87.2 cm³/mol. The van der Waals surface area contributed by atoms with Gasteiger partial charge in [-0.3, -0.25) is 0 Å². The van der Waals surface area contributed by atoms with Gasteiger partial charge in [0.15, 0.2) is 17.5 Å². The second-order valence-corrected chi connectivity index (χ2v) is 4.76. The van der Waals surface area contributed by atoms with Crippen LogP contribution in [0.5, 0.6) is 5.75 Å². The van der Waals surface area contributed by atoms with Crippen molar-refractivity contribution in [3.63, 3.8) is 0 Å². The topological polar surface area (TPSA) is 111 Å². The molecule has 0 saturated heterocycles. The van der Waals surface area contributed by atoms with Crippen molar-refractivity contribution in [3.8, 4) is 5.75 Å². The number of aryl methyl sites for hydroxylation is 1. The monoisotopic (exact) mass is 312 g/mol. The Morgan fingerprint density at radius 3 is 2.57 bits per heavy atom. The maximum Gasteiger partial charge on any atom is 0.175 e. The number of nitrogens with two attached hydrogens (primary N) is 1. The van der Waals surface area contributed by atoms with E-state index in [1.165, 1.54) is 6.33 Å². The molecule has 0 amide bonds. The zero-order valence-electron chi connectivity index (χ0n) is 12.7. The summed E-state index contributed by atoms with van der Waals surface area (Å²) in [5.41, 5.74) is 7.24. The third-order valence-corrected chi connectivity index (χ3v) is 3.12. The first-order valence-electron chi connectivity index (χ1n) is 6.88. The molecular weight excluding hydrogens is 296 g/mol. The number of ether oxygens (including phenoxy) is 1. The van der Waals surface area contributed by atoms with Crippen molar-refractivity contribution < 1.29 is 9.26 Å². The van der Waals surface area contributed by atoms with Crippen LogP contribution in [0.15, 0.2) is 41.2 Å². The van der Waals surface area contributed by atoms with E-state index in [-0.39, 0.29) is 0 Å². The Kier molecular flexibility index (Phi) is 3.96. The first-order chi connectivity index (χ1) is 11.2. The summed E-state index contributed by atoms with van der Waals surface area (Å²) in [5.74, 6) is 2.80. The van der Waals surface area contributed by atoms with Crippen molar-refractivity contribution in [2.75, 3.05) is 23.5 Å². The number of anilines is 5. The van der Waals surface area contributed by atoms with Gasteiger partial charge in [-0.15, -0.1) is 0 Å². The first kappa shape index (κ1) is 14.6. The van der Waals surface area contributed by atoms with Crippen molar-refractivity contribution in [3.05, 3.63) is 42.4 Å². The minimum Gasteiger partial charge on any atom is -0.495 e. The van der Waals surface area contributed by atoms with E-state index < -0.39 is 0 Å². The van der Waals surface area contributed by atoms with Crippen LogP contribution in [0.25, 0.3) is 0 Å². The normalized spacial score (nSPS) is 10.3. The van der Waals surface area contributed by atoms with Gasteiger partial charge in [-0.2, -0.15) is 0 Å². The second kappa shape index (κ2) is 6.22. The number of benzene rings is 1. The van der Waals surface area contributed by atoms with Gasteiger partial charge in [0, 0.05) is 6.07 Å². The van der Waals surface area contributed by atoms with E-state index in [9.17, 15) is 0 Å². The fourth-order valence-electron chi connectivity index (χ4n) is 2.02. The number of aromatic nitrogens is 3. The number of nitrogens with one attached hydrogen (secondary N) is 2. The number of nitrogens with zero attached hydrogens (tertiary/aromatic N) is 3. The van der Waals surface area contributed by atoms with Crippen LogP contribution in [0.2, 0.25) is 0 Å². The van der Waals surface area contributed by atoms with E-state index in [1.807, 2.05) is 24.3 Å². The van der Waals surface area contributed by atoms with Gasteiger partial charge in [0.1, 0.15) is 23.5 Å². The van der Waals surface area contributed by atoms with Gasteiger partial charge in [-0.25, -0.2) is 9.97 Å². The zero-order chi connectivity index (χ0) is 16.2. The molecule has 0 saturated carbocycles. The van der Waals surface area contributed by atoms with Crippen LogP contribution in [0.3, 0.4) is 0 Å². The molecule has 0 atom stereocenters. The van der Waals surface area contributed by atoms with Crippen molar-refractivity contribution >= 4 is 28.8 Å². The molecule has 3 rings (SSSR count). The Labute approximate surface area is 132 Å². The second-order valence-electron chi connectivity index (χ2n) is 4.76. The summed E-state index contributed by atoms with van der Waals surface area (Å²) in [6.07, 6.45) is 1.41. The highest BCUT2D eigenvalue weighted by Crippen LogP contribution is 2.31. The predicted octanol–water partition coefficient (Wildman–Crippen LogP) is 2.85. The van der Waals surface area contributed by atoms with Gasteiger partial charge in [-0.1, -0.05) is 17.3 Å². The summed E-state index contributed by atoms with van der Waals surface area (Å²) in [5, 5.41) is 9.98. The van der Waals surface area contributed by atoms with Crippen molar-refractivity contribution in [1.29, 1.82) is 0 Å². The molecule has 0 aliphatic rings. The van der Waals surface area contributed by atoms with Gasteiger partial charge < -0.3 is 25.6 Å². The third-order valence-electron chi connectivity index (χ3n) is 3.12. The van der Waals surface area contributed by atoms with Gasteiger partial charge in [-0.05, 0) is 19.1 Å². The maximum atomic E-state index is 6.13. The molecule has 118 valence electrons. The maximum absolute atomic E-state index is 6.13. The van der Waals surface area contributed by atoms with E-state index >= 15 is 0 Å². The summed E-state index contributed by atoms with van der Waals surface area (Å²) < 4.78 is 10.3. The van der Waals surface area contributed by atoms with Crippen LogP contribution in [0, 0.1) is 6.92 Å².